The number of amides is 1. The summed E-state index contributed by atoms with van der Waals surface area (Å²) in [7, 11) is 0. The highest BCUT2D eigenvalue weighted by Crippen LogP contribution is 2.25. The minimum absolute atomic E-state index is 0.0252. The van der Waals surface area contributed by atoms with Gasteiger partial charge < -0.3 is 0 Å². The first kappa shape index (κ1) is 21.5. The predicted molar refractivity (Wildman–Crippen MR) is 125 cm³/mol. The second kappa shape index (κ2) is 9.61. The van der Waals surface area contributed by atoms with E-state index in [1.807, 2.05) is 6.07 Å². The van der Waals surface area contributed by atoms with Gasteiger partial charge in [0.1, 0.15) is 5.82 Å². The molecule has 7 nitrogen and oxygen atoms in total. The fourth-order valence-corrected chi connectivity index (χ4v) is 3.27. The number of halogens is 1. The maximum Gasteiger partial charge on any atom is 0.276 e. The van der Waals surface area contributed by atoms with Gasteiger partial charge in [0.2, 0.25) is 0 Å². The van der Waals surface area contributed by atoms with Crippen molar-refractivity contribution in [1.29, 1.82) is 0 Å². The summed E-state index contributed by atoms with van der Waals surface area (Å²) in [6, 6.07) is 21.0. The van der Waals surface area contributed by atoms with Crippen molar-refractivity contribution >= 4 is 34.8 Å². The van der Waals surface area contributed by atoms with Crippen LogP contribution in [0.5, 0.6) is 0 Å². The molecule has 8 heteroatoms. The first-order chi connectivity index (χ1) is 16.0. The average Bonchev–Trinajstić information content (AvgIpc) is 2.83. The molecule has 0 spiro atoms. The van der Waals surface area contributed by atoms with Crippen LogP contribution < -0.4 is 5.43 Å². The van der Waals surface area contributed by atoms with Crippen LogP contribution in [0.4, 0.5) is 10.1 Å². The number of fused-ring (bicyclic) bond motifs is 1. The van der Waals surface area contributed by atoms with Crippen LogP contribution in [0.2, 0.25) is 0 Å². The van der Waals surface area contributed by atoms with Crippen molar-refractivity contribution in [3.63, 3.8) is 0 Å². The van der Waals surface area contributed by atoms with Gasteiger partial charge in [0.15, 0.2) is 0 Å². The van der Waals surface area contributed by atoms with Gasteiger partial charge >= 0.3 is 0 Å². The highest BCUT2D eigenvalue weighted by Gasteiger charge is 2.13. The van der Waals surface area contributed by atoms with E-state index < -0.39 is 10.8 Å². The standard InChI is InChI=1S/C25H17FN4O3/c26-19-13-11-17(12-14-19)23-16-21(20-8-2-3-9-22(20)28-23)25(31)29-27-15-5-7-18-6-1-4-10-24(18)30(32)33/h1-16H,(H,29,31). The van der Waals surface area contributed by atoms with Crippen molar-refractivity contribution < 1.29 is 14.1 Å². The summed E-state index contributed by atoms with van der Waals surface area (Å²) in [6.45, 7) is 0. The number of hydrogen-bond acceptors (Lipinski definition) is 5. The Morgan fingerprint density at radius 3 is 2.55 bits per heavy atom. The van der Waals surface area contributed by atoms with Crippen LogP contribution in [0.25, 0.3) is 28.2 Å². The molecular weight excluding hydrogens is 423 g/mol. The van der Waals surface area contributed by atoms with Crippen LogP contribution >= 0.6 is 0 Å². The van der Waals surface area contributed by atoms with E-state index in [4.69, 9.17) is 0 Å². The Balaban J connectivity index is 1.57. The lowest BCUT2D eigenvalue weighted by Gasteiger charge is -2.09. The monoisotopic (exact) mass is 440 g/mol. The van der Waals surface area contributed by atoms with E-state index in [0.717, 1.165) is 0 Å². The number of allylic oxidation sites excluding steroid dienone is 1. The molecule has 0 unspecified atom stereocenters. The normalized spacial score (nSPS) is 11.3. The van der Waals surface area contributed by atoms with E-state index in [2.05, 4.69) is 15.5 Å². The van der Waals surface area contributed by atoms with Gasteiger partial charge in [-0.2, -0.15) is 5.10 Å². The Morgan fingerprint density at radius 2 is 1.76 bits per heavy atom. The lowest BCUT2D eigenvalue weighted by atomic mass is 10.0. The Morgan fingerprint density at radius 1 is 1.03 bits per heavy atom. The van der Waals surface area contributed by atoms with Gasteiger partial charge in [-0.25, -0.2) is 14.8 Å². The molecule has 0 fully saturated rings. The molecule has 0 saturated heterocycles. The Hall–Kier alpha value is -4.72. The van der Waals surface area contributed by atoms with Crippen molar-refractivity contribution in [3.05, 3.63) is 112 Å². The number of nitrogens with one attached hydrogen (secondary N) is 1. The number of rotatable bonds is 6. The summed E-state index contributed by atoms with van der Waals surface area (Å²) < 4.78 is 13.3. The molecule has 4 rings (SSSR count). The van der Waals surface area contributed by atoms with E-state index in [1.54, 1.807) is 54.6 Å². The number of nitrogens with zero attached hydrogens (tertiary/aromatic N) is 3. The lowest BCUT2D eigenvalue weighted by Crippen LogP contribution is -2.18. The Bertz CT molecular complexity index is 1400. The Labute approximate surface area is 188 Å². The second-order valence-electron chi connectivity index (χ2n) is 6.97. The molecule has 0 atom stereocenters. The van der Waals surface area contributed by atoms with Crippen molar-refractivity contribution in [2.45, 2.75) is 0 Å². The van der Waals surface area contributed by atoms with Gasteiger partial charge in [-0.05, 0) is 54.6 Å². The molecular formula is C25H17FN4O3. The summed E-state index contributed by atoms with van der Waals surface area (Å²) in [4.78, 5) is 28.0. The van der Waals surface area contributed by atoms with Crippen molar-refractivity contribution in [2.75, 3.05) is 0 Å². The Kier molecular flexibility index (Phi) is 6.26. The van der Waals surface area contributed by atoms with E-state index >= 15 is 0 Å². The third-order valence-electron chi connectivity index (χ3n) is 4.84. The molecule has 1 amide bonds. The number of para-hydroxylation sites is 2. The van der Waals surface area contributed by atoms with Crippen LogP contribution in [-0.4, -0.2) is 22.0 Å². The molecule has 162 valence electrons. The molecule has 0 bridgehead atoms. The van der Waals surface area contributed by atoms with E-state index in [1.165, 1.54) is 36.6 Å². The molecule has 4 aromatic rings. The fourth-order valence-electron chi connectivity index (χ4n) is 3.27. The number of benzene rings is 3. The summed E-state index contributed by atoms with van der Waals surface area (Å²) in [5, 5.41) is 15.6. The number of carbonyl (C=O) groups excluding carboxylic acids is 1. The third kappa shape index (κ3) is 4.96. The molecule has 1 N–H and O–H groups in total. The third-order valence-corrected chi connectivity index (χ3v) is 4.84. The molecule has 33 heavy (non-hydrogen) atoms. The van der Waals surface area contributed by atoms with Gasteiger partial charge in [0.25, 0.3) is 11.6 Å². The first-order valence-corrected chi connectivity index (χ1v) is 9.92. The minimum Gasteiger partial charge on any atom is -0.267 e. The van der Waals surface area contributed by atoms with Crippen molar-refractivity contribution in [3.8, 4) is 11.3 Å². The SMILES string of the molecule is O=C(NN=CC=Cc1ccccc1[N+](=O)[O-])c1cc(-c2ccc(F)cc2)nc2ccccc12. The highest BCUT2D eigenvalue weighted by molar-refractivity contribution is 6.07. The van der Waals surface area contributed by atoms with Gasteiger partial charge in [-0.1, -0.05) is 30.3 Å². The number of hydrogen-bond donors (Lipinski definition) is 1. The van der Waals surface area contributed by atoms with Gasteiger partial charge in [-0.3, -0.25) is 14.9 Å². The number of aromatic nitrogens is 1. The predicted octanol–water partition coefficient (Wildman–Crippen LogP) is 5.38. The molecule has 0 aliphatic rings. The second-order valence-corrected chi connectivity index (χ2v) is 6.97. The fraction of sp³-hybridized carbons (Fsp3) is 0. The zero-order valence-electron chi connectivity index (χ0n) is 17.2. The zero-order valence-corrected chi connectivity index (χ0v) is 17.2. The number of carbonyl (C=O) groups is 1. The van der Waals surface area contributed by atoms with Crippen LogP contribution in [0, 0.1) is 15.9 Å². The largest absolute Gasteiger partial charge is 0.276 e. The first-order valence-electron chi connectivity index (χ1n) is 9.92. The zero-order chi connectivity index (χ0) is 23.2. The molecule has 0 saturated carbocycles. The molecule has 1 aromatic heterocycles. The molecule has 0 aliphatic carbocycles. The maximum absolute atomic E-state index is 13.3. The summed E-state index contributed by atoms with van der Waals surface area (Å²) in [5.41, 5.74) is 5.03. The number of nitro groups is 1. The van der Waals surface area contributed by atoms with Crippen LogP contribution in [0.3, 0.4) is 0 Å². The topological polar surface area (TPSA) is 97.5 Å². The summed E-state index contributed by atoms with van der Waals surface area (Å²) >= 11 is 0. The highest BCUT2D eigenvalue weighted by atomic mass is 19.1. The average molecular weight is 440 g/mol. The number of nitro benzene ring substituents is 1. The van der Waals surface area contributed by atoms with Crippen molar-refractivity contribution in [1.82, 2.24) is 10.4 Å². The molecule has 0 aliphatic heterocycles. The van der Waals surface area contributed by atoms with E-state index in [9.17, 15) is 19.3 Å². The lowest BCUT2D eigenvalue weighted by molar-refractivity contribution is -0.385. The summed E-state index contributed by atoms with van der Waals surface area (Å²) in [6.07, 6.45) is 4.36. The quantitative estimate of drug-likeness (QED) is 0.247. The molecule has 1 heterocycles. The van der Waals surface area contributed by atoms with Crippen LogP contribution in [0.1, 0.15) is 15.9 Å². The van der Waals surface area contributed by atoms with Gasteiger partial charge in [-0.15, -0.1) is 0 Å². The van der Waals surface area contributed by atoms with Crippen molar-refractivity contribution in [2.24, 2.45) is 5.10 Å². The molecule has 3 aromatic carbocycles. The van der Waals surface area contributed by atoms with Gasteiger partial charge in [0.05, 0.1) is 27.3 Å². The minimum atomic E-state index is -0.466. The number of hydrazone groups is 1. The molecule has 0 radical (unpaired) electrons. The van der Waals surface area contributed by atoms with Crippen LogP contribution in [0.15, 0.2) is 90.0 Å². The van der Waals surface area contributed by atoms with E-state index in [-0.39, 0.29) is 11.5 Å². The smallest absolute Gasteiger partial charge is 0.267 e. The van der Waals surface area contributed by atoms with Crippen LogP contribution in [-0.2, 0) is 0 Å². The van der Waals surface area contributed by atoms with Gasteiger partial charge in [0, 0.05) is 23.2 Å². The maximum atomic E-state index is 13.3. The van der Waals surface area contributed by atoms with E-state index in [0.29, 0.717) is 33.3 Å². The number of pyridine rings is 1. The summed E-state index contributed by atoms with van der Waals surface area (Å²) in [5.74, 6) is -0.812.